The number of aromatic nitrogens is 1. The monoisotopic (exact) mass is 395 g/mol. The quantitative estimate of drug-likeness (QED) is 0.785. The highest BCUT2D eigenvalue weighted by atomic mass is 32.1. The Morgan fingerprint density at radius 1 is 1.46 bits per heavy atom. The molecule has 26 heavy (non-hydrogen) atoms. The molecular weight excluding hydrogens is 374 g/mol. The molecule has 9 heteroatoms. The van der Waals surface area contributed by atoms with Crippen molar-refractivity contribution in [3.05, 3.63) is 27.4 Å². The van der Waals surface area contributed by atoms with Gasteiger partial charge in [0.2, 0.25) is 0 Å². The number of carboxylic acid groups (broad SMARTS) is 1. The molecule has 0 aromatic carbocycles. The standard InChI is InChI=1S/C17H21N3O4S2/c1-11-19-13(8-25-11)14-4-3-12(26-14)7-18-16(23)20-6-5-17(9-20,10-24-2)15(21)22/h3-4,8H,5-7,9-10H2,1-2H3,(H,18,23)(H,21,22). The molecule has 2 amide bonds. The number of urea groups is 1. The first-order chi connectivity index (χ1) is 12.4. The number of likely N-dealkylation sites (tertiary alicyclic amines) is 1. The van der Waals surface area contributed by atoms with E-state index >= 15 is 0 Å². The number of thiophene rings is 1. The molecule has 140 valence electrons. The van der Waals surface area contributed by atoms with Crippen molar-refractivity contribution < 1.29 is 19.4 Å². The second-order valence-electron chi connectivity index (χ2n) is 6.37. The average molecular weight is 396 g/mol. The van der Waals surface area contributed by atoms with E-state index in [1.165, 1.54) is 7.11 Å². The zero-order valence-corrected chi connectivity index (χ0v) is 16.3. The Hall–Kier alpha value is -1.97. The molecule has 0 radical (unpaired) electrons. The third-order valence-electron chi connectivity index (χ3n) is 4.46. The number of thiazole rings is 1. The normalized spacial score (nSPS) is 19.7. The van der Waals surface area contributed by atoms with E-state index in [1.54, 1.807) is 27.6 Å². The topological polar surface area (TPSA) is 91.8 Å². The average Bonchev–Trinajstić information content (AvgIpc) is 3.32. The Bertz CT molecular complexity index is 804. The number of nitrogens with one attached hydrogen (secondary N) is 1. The molecule has 0 aliphatic carbocycles. The van der Waals surface area contributed by atoms with E-state index in [4.69, 9.17) is 4.74 Å². The van der Waals surface area contributed by atoms with Crippen LogP contribution in [-0.4, -0.2) is 53.8 Å². The summed E-state index contributed by atoms with van der Waals surface area (Å²) in [6.45, 7) is 3.06. The van der Waals surface area contributed by atoms with Gasteiger partial charge < -0.3 is 20.1 Å². The Kier molecular flexibility index (Phi) is 5.59. The second kappa shape index (κ2) is 7.73. The van der Waals surface area contributed by atoms with Gasteiger partial charge in [-0.05, 0) is 25.5 Å². The Morgan fingerprint density at radius 3 is 2.92 bits per heavy atom. The molecule has 0 spiro atoms. The van der Waals surface area contributed by atoms with Gasteiger partial charge in [-0.3, -0.25) is 4.79 Å². The first-order valence-corrected chi connectivity index (χ1v) is 9.89. The van der Waals surface area contributed by atoms with Crippen LogP contribution in [0.3, 0.4) is 0 Å². The Balaban J connectivity index is 1.56. The predicted octanol–water partition coefficient (Wildman–Crippen LogP) is 2.81. The second-order valence-corrected chi connectivity index (χ2v) is 8.60. The summed E-state index contributed by atoms with van der Waals surface area (Å²) in [5.74, 6) is -0.920. The van der Waals surface area contributed by atoms with Gasteiger partial charge in [-0.25, -0.2) is 9.78 Å². The number of aryl methyl sites for hydroxylation is 1. The molecule has 1 atom stereocenters. The van der Waals surface area contributed by atoms with E-state index in [2.05, 4.69) is 10.3 Å². The van der Waals surface area contributed by atoms with Crippen molar-refractivity contribution in [1.29, 1.82) is 0 Å². The molecule has 1 saturated heterocycles. The van der Waals surface area contributed by atoms with Crippen LogP contribution in [0.25, 0.3) is 10.6 Å². The number of rotatable bonds is 6. The van der Waals surface area contributed by atoms with Gasteiger partial charge in [0.05, 0.1) is 28.7 Å². The van der Waals surface area contributed by atoms with E-state index in [9.17, 15) is 14.7 Å². The number of nitrogens with zero attached hydrogens (tertiary/aromatic N) is 2. The first kappa shape index (κ1) is 18.8. The van der Waals surface area contributed by atoms with Gasteiger partial charge in [0, 0.05) is 30.5 Å². The maximum absolute atomic E-state index is 12.4. The lowest BCUT2D eigenvalue weighted by atomic mass is 9.88. The minimum Gasteiger partial charge on any atom is -0.481 e. The molecule has 1 aliphatic rings. The van der Waals surface area contributed by atoms with Gasteiger partial charge in [-0.2, -0.15) is 0 Å². The molecule has 1 fully saturated rings. The van der Waals surface area contributed by atoms with Crippen LogP contribution in [0.15, 0.2) is 17.5 Å². The van der Waals surface area contributed by atoms with Crippen LogP contribution in [0.1, 0.15) is 16.3 Å². The lowest BCUT2D eigenvalue weighted by Gasteiger charge is -2.23. The minimum absolute atomic E-state index is 0.105. The Labute approximate surface area is 159 Å². The van der Waals surface area contributed by atoms with Gasteiger partial charge in [0.15, 0.2) is 0 Å². The highest BCUT2D eigenvalue weighted by molar-refractivity contribution is 7.16. The summed E-state index contributed by atoms with van der Waals surface area (Å²) in [5, 5.41) is 15.4. The smallest absolute Gasteiger partial charge is 0.317 e. The SMILES string of the molecule is COCC1(C(=O)O)CCN(C(=O)NCc2ccc(-c3csc(C)n3)s2)C1. The van der Waals surface area contributed by atoms with Crippen LogP contribution >= 0.6 is 22.7 Å². The lowest BCUT2D eigenvalue weighted by Crippen LogP contribution is -2.43. The number of hydrogen-bond acceptors (Lipinski definition) is 6. The van der Waals surface area contributed by atoms with E-state index in [0.717, 1.165) is 20.5 Å². The number of carboxylic acids is 1. The van der Waals surface area contributed by atoms with Crippen molar-refractivity contribution in [3.8, 4) is 10.6 Å². The fraction of sp³-hybridized carbons (Fsp3) is 0.471. The predicted molar refractivity (Wildman–Crippen MR) is 101 cm³/mol. The third kappa shape index (κ3) is 3.89. The van der Waals surface area contributed by atoms with Crippen LogP contribution in [0.2, 0.25) is 0 Å². The van der Waals surface area contributed by atoms with Crippen molar-refractivity contribution in [1.82, 2.24) is 15.2 Å². The van der Waals surface area contributed by atoms with Gasteiger partial charge in [-0.1, -0.05) is 0 Å². The molecule has 1 aliphatic heterocycles. The number of ether oxygens (including phenoxy) is 1. The van der Waals surface area contributed by atoms with Crippen molar-refractivity contribution in [3.63, 3.8) is 0 Å². The number of methoxy groups -OCH3 is 1. The van der Waals surface area contributed by atoms with Crippen LogP contribution in [0, 0.1) is 12.3 Å². The van der Waals surface area contributed by atoms with Crippen LogP contribution in [-0.2, 0) is 16.1 Å². The van der Waals surface area contributed by atoms with Gasteiger partial charge in [0.25, 0.3) is 0 Å². The first-order valence-electron chi connectivity index (χ1n) is 8.20. The molecular formula is C17H21N3O4S2. The van der Waals surface area contributed by atoms with Crippen LogP contribution in [0.4, 0.5) is 4.79 Å². The molecule has 7 nitrogen and oxygen atoms in total. The third-order valence-corrected chi connectivity index (χ3v) is 6.34. The van der Waals surface area contributed by atoms with Gasteiger partial charge in [-0.15, -0.1) is 22.7 Å². The van der Waals surface area contributed by atoms with Crippen molar-refractivity contribution in [2.75, 3.05) is 26.8 Å². The summed E-state index contributed by atoms with van der Waals surface area (Å²) in [6.07, 6.45) is 0.399. The summed E-state index contributed by atoms with van der Waals surface area (Å²) in [5.41, 5.74) is -0.0505. The summed E-state index contributed by atoms with van der Waals surface area (Å²) in [6, 6.07) is 3.74. The highest BCUT2D eigenvalue weighted by Crippen LogP contribution is 2.32. The fourth-order valence-corrected chi connectivity index (χ4v) is 4.63. The van der Waals surface area contributed by atoms with Crippen LogP contribution < -0.4 is 5.32 Å². The number of hydrogen-bond donors (Lipinski definition) is 2. The molecule has 2 N–H and O–H groups in total. The fourth-order valence-electron chi connectivity index (χ4n) is 3.04. The molecule has 3 rings (SSSR count). The summed E-state index contributed by atoms with van der Waals surface area (Å²) < 4.78 is 5.05. The maximum atomic E-state index is 12.4. The van der Waals surface area contributed by atoms with Gasteiger partial charge in [0.1, 0.15) is 5.41 Å². The van der Waals surface area contributed by atoms with Crippen molar-refractivity contribution >= 4 is 34.7 Å². The van der Waals surface area contributed by atoms with Crippen molar-refractivity contribution in [2.45, 2.75) is 19.9 Å². The zero-order chi connectivity index (χ0) is 18.7. The van der Waals surface area contributed by atoms with Crippen LogP contribution in [0.5, 0.6) is 0 Å². The van der Waals surface area contributed by atoms with E-state index < -0.39 is 11.4 Å². The zero-order valence-electron chi connectivity index (χ0n) is 14.7. The number of aliphatic carboxylic acids is 1. The molecule has 1 unspecified atom stereocenters. The summed E-state index contributed by atoms with van der Waals surface area (Å²) in [7, 11) is 1.48. The van der Waals surface area contributed by atoms with E-state index in [-0.39, 0.29) is 19.2 Å². The Morgan fingerprint density at radius 2 is 2.27 bits per heavy atom. The molecule has 0 saturated carbocycles. The number of amides is 2. The molecule has 2 aromatic heterocycles. The summed E-state index contributed by atoms with van der Waals surface area (Å²) in [4.78, 5) is 32.1. The number of carbonyl (C=O) groups is 2. The van der Waals surface area contributed by atoms with Gasteiger partial charge >= 0.3 is 12.0 Å². The lowest BCUT2D eigenvalue weighted by molar-refractivity contribution is -0.151. The number of carbonyl (C=O) groups excluding carboxylic acids is 1. The molecule has 0 bridgehead atoms. The maximum Gasteiger partial charge on any atom is 0.317 e. The largest absolute Gasteiger partial charge is 0.481 e. The van der Waals surface area contributed by atoms with Crippen molar-refractivity contribution in [2.24, 2.45) is 5.41 Å². The highest BCUT2D eigenvalue weighted by Gasteiger charge is 2.46. The minimum atomic E-state index is -1.01. The molecule has 2 aromatic rings. The van der Waals surface area contributed by atoms with E-state index in [1.807, 2.05) is 24.4 Å². The summed E-state index contributed by atoms with van der Waals surface area (Å²) >= 11 is 3.20. The molecule has 3 heterocycles. The van der Waals surface area contributed by atoms with E-state index in [0.29, 0.717) is 19.5 Å².